The van der Waals surface area contributed by atoms with Gasteiger partial charge in [-0.3, -0.25) is 0 Å². The summed E-state index contributed by atoms with van der Waals surface area (Å²) in [5, 5.41) is 8.86. The lowest BCUT2D eigenvalue weighted by Gasteiger charge is -2.44. The molecule has 8 nitrogen and oxygen atoms in total. The molecule has 0 amide bonds. The third-order valence-corrected chi connectivity index (χ3v) is 10.0. The summed E-state index contributed by atoms with van der Waals surface area (Å²) in [6, 6.07) is 8.98. The Labute approximate surface area is 241 Å². The molecule has 2 aromatic carbocycles. The van der Waals surface area contributed by atoms with E-state index in [4.69, 9.17) is 21.1 Å². The predicted octanol–water partition coefficient (Wildman–Crippen LogP) is 5.16. The van der Waals surface area contributed by atoms with E-state index in [2.05, 4.69) is 4.98 Å². The van der Waals surface area contributed by atoms with Crippen LogP contribution in [0.4, 0.5) is 24.7 Å². The summed E-state index contributed by atoms with van der Waals surface area (Å²) in [5.74, 6) is -3.30. The standard InChI is InChI=1S/C28H29ClF3N3O5S/c1-39-19-7-6-18(22(10-19)40-2)14-35(24-5-3-4-23(31)33-24)41(37,38)27-20(30)11-21(25(29)26(27)32)34-9-8-28(16-34)12-17(13-28)15-36/h3-7,10-11,17,36H,8-9,12-16H2,1-2H3. The number of anilines is 2. The number of aliphatic hydroxyl groups excluding tert-OH is 1. The van der Waals surface area contributed by atoms with Gasteiger partial charge >= 0.3 is 0 Å². The van der Waals surface area contributed by atoms with Crippen molar-refractivity contribution in [1.82, 2.24) is 4.98 Å². The minimum atomic E-state index is -5.02. The van der Waals surface area contributed by atoms with Gasteiger partial charge in [-0.25, -0.2) is 26.5 Å². The van der Waals surface area contributed by atoms with Crippen LogP contribution in [-0.4, -0.2) is 52.4 Å². The van der Waals surface area contributed by atoms with Crippen LogP contribution in [0, 0.1) is 28.9 Å². The third kappa shape index (κ3) is 5.40. The number of benzene rings is 2. The van der Waals surface area contributed by atoms with Gasteiger partial charge in [-0.2, -0.15) is 4.39 Å². The summed E-state index contributed by atoms with van der Waals surface area (Å²) in [6.07, 6.45) is 2.38. The Morgan fingerprint density at radius 2 is 1.90 bits per heavy atom. The zero-order chi connectivity index (χ0) is 29.5. The van der Waals surface area contributed by atoms with Gasteiger partial charge in [-0.1, -0.05) is 17.7 Å². The van der Waals surface area contributed by atoms with Crippen molar-refractivity contribution in [3.05, 3.63) is 70.6 Å². The Bertz CT molecular complexity index is 1570. The predicted molar refractivity (Wildman–Crippen MR) is 148 cm³/mol. The quantitative estimate of drug-likeness (QED) is 0.264. The topological polar surface area (TPSA) is 92.2 Å². The molecule has 41 heavy (non-hydrogen) atoms. The molecule has 1 aromatic heterocycles. The number of sulfonamides is 1. The minimum Gasteiger partial charge on any atom is -0.497 e. The van der Waals surface area contributed by atoms with Crippen molar-refractivity contribution in [3.63, 3.8) is 0 Å². The summed E-state index contributed by atoms with van der Waals surface area (Å²) < 4.78 is 84.7. The molecule has 13 heteroatoms. The maximum absolute atomic E-state index is 15.8. The van der Waals surface area contributed by atoms with E-state index >= 15 is 8.78 Å². The fourth-order valence-corrected chi connectivity index (χ4v) is 7.71. The van der Waals surface area contributed by atoms with Crippen LogP contribution >= 0.6 is 11.6 Å². The molecule has 2 heterocycles. The van der Waals surface area contributed by atoms with E-state index in [1.54, 1.807) is 11.0 Å². The number of hydrogen-bond donors (Lipinski definition) is 1. The molecule has 1 saturated carbocycles. The number of aromatic nitrogens is 1. The molecule has 0 unspecified atom stereocenters. The summed E-state index contributed by atoms with van der Waals surface area (Å²) in [4.78, 5) is 4.14. The van der Waals surface area contributed by atoms with Crippen molar-refractivity contribution < 1.29 is 36.2 Å². The summed E-state index contributed by atoms with van der Waals surface area (Å²) in [5.41, 5.74) is 0.291. The van der Waals surface area contributed by atoms with Gasteiger partial charge in [0.15, 0.2) is 10.7 Å². The normalized spacial score (nSPS) is 20.3. The van der Waals surface area contributed by atoms with Gasteiger partial charge in [0.2, 0.25) is 5.95 Å². The SMILES string of the molecule is COc1ccc(CN(c2cccc(F)n2)S(=O)(=O)c2c(F)cc(N3CCC4(CC(CO)C4)C3)c(Cl)c2F)c(OC)c1. The number of methoxy groups -OCH3 is 2. The molecule has 3 aromatic rings. The van der Waals surface area contributed by atoms with Gasteiger partial charge in [-0.05, 0) is 54.9 Å². The Hall–Kier alpha value is -3.22. The average Bonchev–Trinajstić information content (AvgIpc) is 3.38. The molecule has 1 aliphatic heterocycles. The number of aliphatic hydroxyl groups is 1. The lowest BCUT2D eigenvalue weighted by Crippen LogP contribution is -2.41. The second-order valence-electron chi connectivity index (χ2n) is 10.5. The van der Waals surface area contributed by atoms with E-state index in [0.29, 0.717) is 28.7 Å². The van der Waals surface area contributed by atoms with Crippen LogP contribution in [0.5, 0.6) is 11.5 Å². The van der Waals surface area contributed by atoms with Gasteiger partial charge < -0.3 is 19.5 Å². The molecular formula is C28H29ClF3N3O5S. The fourth-order valence-electron chi connectivity index (χ4n) is 5.87. The smallest absolute Gasteiger partial charge is 0.271 e. The lowest BCUT2D eigenvalue weighted by atomic mass is 9.62. The first-order chi connectivity index (χ1) is 19.5. The molecule has 1 N–H and O–H groups in total. The van der Waals surface area contributed by atoms with E-state index < -0.39 is 49.9 Å². The number of pyridine rings is 1. The molecule has 2 fully saturated rings. The first-order valence-electron chi connectivity index (χ1n) is 12.9. The summed E-state index contributed by atoms with van der Waals surface area (Å²) in [6.45, 7) is 0.576. The molecule has 1 spiro atoms. The Balaban J connectivity index is 1.54. The zero-order valence-corrected chi connectivity index (χ0v) is 24.0. The third-order valence-electron chi connectivity index (χ3n) is 7.89. The molecule has 220 valence electrons. The van der Waals surface area contributed by atoms with Crippen molar-refractivity contribution >= 4 is 33.1 Å². The Kier molecular flexibility index (Phi) is 8.01. The van der Waals surface area contributed by atoms with E-state index in [9.17, 15) is 17.9 Å². The lowest BCUT2D eigenvalue weighted by molar-refractivity contribution is 0.0341. The Morgan fingerprint density at radius 1 is 1.15 bits per heavy atom. The maximum Gasteiger partial charge on any atom is 0.271 e. The van der Waals surface area contributed by atoms with Crippen molar-refractivity contribution in [2.75, 3.05) is 43.1 Å². The second-order valence-corrected chi connectivity index (χ2v) is 12.6. The highest BCUT2D eigenvalue weighted by molar-refractivity contribution is 7.92. The molecule has 2 aliphatic rings. The van der Waals surface area contributed by atoms with Crippen LogP contribution < -0.4 is 18.7 Å². The largest absolute Gasteiger partial charge is 0.497 e. The van der Waals surface area contributed by atoms with Gasteiger partial charge in [0.25, 0.3) is 10.0 Å². The highest BCUT2D eigenvalue weighted by Crippen LogP contribution is 2.53. The van der Waals surface area contributed by atoms with Crippen LogP contribution in [-0.2, 0) is 16.6 Å². The van der Waals surface area contributed by atoms with Gasteiger partial charge in [0.1, 0.15) is 28.2 Å². The Morgan fingerprint density at radius 3 is 2.56 bits per heavy atom. The monoisotopic (exact) mass is 611 g/mol. The molecule has 5 rings (SSSR count). The maximum atomic E-state index is 15.8. The molecule has 0 bridgehead atoms. The number of ether oxygens (including phenoxy) is 2. The fraction of sp³-hybridized carbons (Fsp3) is 0.393. The van der Waals surface area contributed by atoms with E-state index in [1.165, 1.54) is 38.5 Å². The van der Waals surface area contributed by atoms with Crippen LogP contribution in [0.15, 0.2) is 47.4 Å². The van der Waals surface area contributed by atoms with Crippen LogP contribution in [0.3, 0.4) is 0 Å². The molecular weight excluding hydrogens is 583 g/mol. The first kappa shape index (κ1) is 29.3. The van der Waals surface area contributed by atoms with E-state index in [1.807, 2.05) is 0 Å². The van der Waals surface area contributed by atoms with Gasteiger partial charge in [-0.15, -0.1) is 0 Å². The number of hydrogen-bond acceptors (Lipinski definition) is 7. The molecule has 1 aliphatic carbocycles. The molecule has 0 atom stereocenters. The van der Waals surface area contributed by atoms with Gasteiger partial charge in [0, 0.05) is 37.4 Å². The van der Waals surface area contributed by atoms with Crippen molar-refractivity contribution in [3.8, 4) is 11.5 Å². The highest BCUT2D eigenvalue weighted by atomic mass is 35.5. The molecule has 1 saturated heterocycles. The van der Waals surface area contributed by atoms with E-state index in [-0.39, 0.29) is 29.4 Å². The zero-order valence-electron chi connectivity index (χ0n) is 22.4. The number of rotatable bonds is 9. The van der Waals surface area contributed by atoms with Crippen molar-refractivity contribution in [2.45, 2.75) is 30.7 Å². The van der Waals surface area contributed by atoms with Crippen LogP contribution in [0.2, 0.25) is 5.02 Å². The van der Waals surface area contributed by atoms with Crippen molar-refractivity contribution in [1.29, 1.82) is 0 Å². The van der Waals surface area contributed by atoms with Gasteiger partial charge in [0.05, 0.1) is 26.5 Å². The van der Waals surface area contributed by atoms with Crippen molar-refractivity contribution in [2.24, 2.45) is 11.3 Å². The van der Waals surface area contributed by atoms with Crippen LogP contribution in [0.25, 0.3) is 0 Å². The summed E-state index contributed by atoms with van der Waals surface area (Å²) in [7, 11) is -2.21. The minimum absolute atomic E-state index is 0.0530. The number of nitrogens with zero attached hydrogens (tertiary/aromatic N) is 3. The van der Waals surface area contributed by atoms with E-state index in [0.717, 1.165) is 31.4 Å². The average molecular weight is 612 g/mol. The molecule has 0 radical (unpaired) electrons. The highest BCUT2D eigenvalue weighted by Gasteiger charge is 2.48. The first-order valence-corrected chi connectivity index (χ1v) is 14.7. The second kappa shape index (κ2) is 11.2. The number of halogens is 4. The summed E-state index contributed by atoms with van der Waals surface area (Å²) >= 11 is 6.37. The van der Waals surface area contributed by atoms with Crippen LogP contribution in [0.1, 0.15) is 24.8 Å².